The van der Waals surface area contributed by atoms with Gasteiger partial charge in [0, 0.05) is 22.6 Å². The zero-order valence-electron chi connectivity index (χ0n) is 20.6. The topological polar surface area (TPSA) is 56.9 Å². The second kappa shape index (κ2) is 9.99. The Hall–Kier alpha value is -3.90. The van der Waals surface area contributed by atoms with Gasteiger partial charge in [-0.15, -0.1) is 0 Å². The summed E-state index contributed by atoms with van der Waals surface area (Å²) in [6.07, 6.45) is 0. The van der Waals surface area contributed by atoms with E-state index in [0.717, 1.165) is 28.2 Å². The molecule has 0 unspecified atom stereocenters. The van der Waals surface area contributed by atoms with Gasteiger partial charge in [0.25, 0.3) is 5.56 Å². The van der Waals surface area contributed by atoms with Crippen molar-refractivity contribution in [2.24, 2.45) is 0 Å². The lowest BCUT2D eigenvalue weighted by Crippen LogP contribution is -2.24. The number of aryl methyl sites for hydroxylation is 2. The number of rotatable bonds is 7. The Morgan fingerprint density at radius 3 is 2.33 bits per heavy atom. The number of Topliss-reactive ketones (excluding diaryl/α,β-unsaturated/α-hetero) is 1. The van der Waals surface area contributed by atoms with Crippen molar-refractivity contribution < 1.29 is 4.79 Å². The molecular formula is C30H27N3O2S. The molecule has 0 aliphatic carbocycles. The van der Waals surface area contributed by atoms with Gasteiger partial charge in [0.2, 0.25) is 0 Å². The highest BCUT2D eigenvalue weighted by atomic mass is 32.2. The maximum atomic E-state index is 13.4. The maximum absolute atomic E-state index is 13.4. The molecule has 0 amide bonds. The van der Waals surface area contributed by atoms with Gasteiger partial charge < -0.3 is 4.57 Å². The van der Waals surface area contributed by atoms with E-state index in [1.165, 1.54) is 11.8 Å². The summed E-state index contributed by atoms with van der Waals surface area (Å²) in [6.45, 7) is 6.42. The van der Waals surface area contributed by atoms with Crippen LogP contribution in [0.1, 0.15) is 32.9 Å². The molecule has 0 bridgehead atoms. The lowest BCUT2D eigenvalue weighted by molar-refractivity contribution is 0.102. The fourth-order valence-corrected chi connectivity index (χ4v) is 5.38. The third-order valence-electron chi connectivity index (χ3n) is 6.37. The molecular weight excluding hydrogens is 466 g/mol. The number of hydrogen-bond donors (Lipinski definition) is 0. The normalized spacial score (nSPS) is 11.2. The summed E-state index contributed by atoms with van der Waals surface area (Å²) >= 11 is 1.31. The largest absolute Gasteiger partial charge is 0.318 e. The van der Waals surface area contributed by atoms with E-state index in [-0.39, 0.29) is 17.1 Å². The van der Waals surface area contributed by atoms with Crippen molar-refractivity contribution in [2.75, 3.05) is 5.75 Å². The first-order valence-corrected chi connectivity index (χ1v) is 12.9. The highest BCUT2D eigenvalue weighted by molar-refractivity contribution is 7.99. The number of para-hydroxylation sites is 2. The Kier molecular flexibility index (Phi) is 6.61. The van der Waals surface area contributed by atoms with Gasteiger partial charge in [0.05, 0.1) is 23.2 Å². The van der Waals surface area contributed by atoms with Crippen molar-refractivity contribution >= 4 is 28.4 Å². The minimum Gasteiger partial charge on any atom is -0.318 e. The van der Waals surface area contributed by atoms with Gasteiger partial charge in [-0.25, -0.2) is 4.98 Å². The molecule has 0 spiro atoms. The molecule has 5 nitrogen and oxygen atoms in total. The number of thioether (sulfide) groups is 1. The van der Waals surface area contributed by atoms with Crippen LogP contribution in [-0.2, 0) is 6.54 Å². The molecule has 0 saturated heterocycles. The molecule has 6 heteroatoms. The van der Waals surface area contributed by atoms with Crippen molar-refractivity contribution in [3.05, 3.63) is 123 Å². The number of aromatic nitrogens is 3. The van der Waals surface area contributed by atoms with Gasteiger partial charge in [-0.05, 0) is 56.7 Å². The van der Waals surface area contributed by atoms with Gasteiger partial charge in [0.1, 0.15) is 0 Å². The number of nitrogens with zero attached hydrogens (tertiary/aromatic N) is 3. The summed E-state index contributed by atoms with van der Waals surface area (Å²) in [4.78, 5) is 31.5. The maximum Gasteiger partial charge on any atom is 0.262 e. The summed E-state index contributed by atoms with van der Waals surface area (Å²) in [5.41, 5.74) is 6.35. The average molecular weight is 494 g/mol. The van der Waals surface area contributed by atoms with E-state index in [1.807, 2.05) is 99.6 Å². The summed E-state index contributed by atoms with van der Waals surface area (Å²) in [5.74, 6) is 0.206. The predicted octanol–water partition coefficient (Wildman–Crippen LogP) is 6.14. The fourth-order valence-electron chi connectivity index (χ4n) is 4.50. The third kappa shape index (κ3) is 4.64. The van der Waals surface area contributed by atoms with Crippen molar-refractivity contribution in [1.82, 2.24) is 14.1 Å². The molecule has 36 heavy (non-hydrogen) atoms. The van der Waals surface area contributed by atoms with E-state index in [9.17, 15) is 9.59 Å². The summed E-state index contributed by atoms with van der Waals surface area (Å²) in [7, 11) is 0. The molecule has 0 fully saturated rings. The van der Waals surface area contributed by atoms with Crippen LogP contribution in [0.25, 0.3) is 16.6 Å². The molecule has 0 aliphatic rings. The Morgan fingerprint density at radius 2 is 1.58 bits per heavy atom. The van der Waals surface area contributed by atoms with E-state index in [0.29, 0.717) is 28.2 Å². The second-order valence-corrected chi connectivity index (χ2v) is 9.90. The molecule has 0 aliphatic heterocycles. The Balaban J connectivity index is 1.47. The number of hydrogen-bond acceptors (Lipinski definition) is 4. The van der Waals surface area contributed by atoms with Crippen LogP contribution < -0.4 is 5.56 Å². The van der Waals surface area contributed by atoms with Crippen molar-refractivity contribution in [3.63, 3.8) is 0 Å². The highest BCUT2D eigenvalue weighted by Gasteiger charge is 2.19. The van der Waals surface area contributed by atoms with Crippen molar-refractivity contribution in [2.45, 2.75) is 32.5 Å². The zero-order chi connectivity index (χ0) is 25.2. The molecule has 0 saturated carbocycles. The van der Waals surface area contributed by atoms with Crippen LogP contribution in [0.2, 0.25) is 0 Å². The van der Waals surface area contributed by atoms with Gasteiger partial charge in [-0.1, -0.05) is 71.9 Å². The average Bonchev–Trinajstić information content (AvgIpc) is 3.20. The molecule has 180 valence electrons. The number of ketones is 1. The first-order valence-electron chi connectivity index (χ1n) is 11.9. The minimum absolute atomic E-state index is 0.0135. The van der Waals surface area contributed by atoms with E-state index in [2.05, 4.69) is 4.57 Å². The molecule has 5 rings (SSSR count). The van der Waals surface area contributed by atoms with Gasteiger partial charge in [-0.2, -0.15) is 0 Å². The van der Waals surface area contributed by atoms with Gasteiger partial charge in [0.15, 0.2) is 10.9 Å². The molecule has 2 heterocycles. The SMILES string of the molecule is Cc1ccc(Cn2c(SCC(=O)c3cc(C)n(-c4ccccc4)c3C)nc3ccccc3c2=O)cc1. The van der Waals surface area contributed by atoms with Gasteiger partial charge in [-0.3, -0.25) is 14.2 Å². The van der Waals surface area contributed by atoms with Crippen LogP contribution in [0.5, 0.6) is 0 Å². The van der Waals surface area contributed by atoms with Crippen LogP contribution in [-0.4, -0.2) is 25.7 Å². The molecule has 0 atom stereocenters. The van der Waals surface area contributed by atoms with Crippen molar-refractivity contribution in [3.8, 4) is 5.69 Å². The number of benzene rings is 3. The Bertz CT molecular complexity index is 1620. The first-order chi connectivity index (χ1) is 17.4. The lowest BCUT2D eigenvalue weighted by Gasteiger charge is -2.13. The zero-order valence-corrected chi connectivity index (χ0v) is 21.4. The number of carbonyl (C=O) groups excluding carboxylic acids is 1. The molecule has 3 aromatic carbocycles. The first kappa shape index (κ1) is 23.8. The van der Waals surface area contributed by atoms with E-state index in [1.54, 1.807) is 10.6 Å². The van der Waals surface area contributed by atoms with E-state index in [4.69, 9.17) is 4.98 Å². The highest BCUT2D eigenvalue weighted by Crippen LogP contribution is 2.25. The minimum atomic E-state index is -0.0987. The van der Waals surface area contributed by atoms with Crippen LogP contribution in [0.15, 0.2) is 94.9 Å². The van der Waals surface area contributed by atoms with Crippen LogP contribution >= 0.6 is 11.8 Å². The Morgan fingerprint density at radius 1 is 0.889 bits per heavy atom. The monoisotopic (exact) mass is 493 g/mol. The third-order valence-corrected chi connectivity index (χ3v) is 7.34. The summed E-state index contributed by atoms with van der Waals surface area (Å²) in [5, 5.41) is 1.12. The number of carbonyl (C=O) groups is 1. The molecule has 2 aromatic heterocycles. The Labute approximate surface area is 214 Å². The number of fused-ring (bicyclic) bond motifs is 1. The van der Waals surface area contributed by atoms with Crippen LogP contribution in [0.4, 0.5) is 0 Å². The summed E-state index contributed by atoms with van der Waals surface area (Å²) < 4.78 is 3.78. The fraction of sp³-hybridized carbons (Fsp3) is 0.167. The quantitative estimate of drug-likeness (QED) is 0.155. The smallest absolute Gasteiger partial charge is 0.262 e. The van der Waals surface area contributed by atoms with Crippen LogP contribution in [0, 0.1) is 20.8 Å². The second-order valence-electron chi connectivity index (χ2n) is 8.96. The van der Waals surface area contributed by atoms with Crippen LogP contribution in [0.3, 0.4) is 0 Å². The molecule has 0 N–H and O–H groups in total. The standard InChI is InChI=1S/C30H27N3O2S/c1-20-13-15-23(16-14-20)18-32-29(35)25-11-7-8-12-27(25)31-30(32)36-19-28(34)26-17-21(2)33(22(26)3)24-9-5-4-6-10-24/h4-17H,18-19H2,1-3H3. The van der Waals surface area contributed by atoms with E-state index < -0.39 is 0 Å². The van der Waals surface area contributed by atoms with Gasteiger partial charge >= 0.3 is 0 Å². The lowest BCUT2D eigenvalue weighted by atomic mass is 10.1. The van der Waals surface area contributed by atoms with Crippen molar-refractivity contribution in [1.29, 1.82) is 0 Å². The molecule has 5 aromatic rings. The molecule has 0 radical (unpaired) electrons. The van der Waals surface area contributed by atoms with E-state index >= 15 is 0 Å². The summed E-state index contributed by atoms with van der Waals surface area (Å²) in [6, 6.07) is 27.4. The predicted molar refractivity (Wildman–Crippen MR) is 147 cm³/mol.